The summed E-state index contributed by atoms with van der Waals surface area (Å²) in [7, 11) is 1.98. The maximum absolute atomic E-state index is 12.4. The van der Waals surface area contributed by atoms with Gasteiger partial charge in [-0.25, -0.2) is 0 Å². The highest BCUT2D eigenvalue weighted by atomic mass is 79.9. The molecule has 116 valence electrons. The van der Waals surface area contributed by atoms with E-state index in [-0.39, 0.29) is 11.4 Å². The van der Waals surface area contributed by atoms with E-state index in [9.17, 15) is 4.79 Å². The summed E-state index contributed by atoms with van der Waals surface area (Å²) < 4.78 is 1.05. The molecule has 1 saturated carbocycles. The molecule has 0 bridgehead atoms. The average molecular weight is 353 g/mol. The second-order valence-electron chi connectivity index (χ2n) is 5.97. The fourth-order valence-corrected chi connectivity index (χ4v) is 3.63. The highest BCUT2D eigenvalue weighted by Crippen LogP contribution is 2.31. The molecule has 0 aliphatic heterocycles. The van der Waals surface area contributed by atoms with E-state index in [2.05, 4.69) is 39.6 Å². The number of hydrogen-bond donors (Lipinski definition) is 2. The first-order valence-electron chi connectivity index (χ1n) is 7.86. The van der Waals surface area contributed by atoms with Gasteiger partial charge in [-0.3, -0.25) is 4.79 Å². The van der Waals surface area contributed by atoms with Gasteiger partial charge < -0.3 is 10.6 Å². The summed E-state index contributed by atoms with van der Waals surface area (Å²) in [5, 5.41) is 6.50. The van der Waals surface area contributed by atoms with E-state index in [4.69, 9.17) is 0 Å². The molecule has 2 rings (SSSR count). The Morgan fingerprint density at radius 1 is 1.29 bits per heavy atom. The Morgan fingerprint density at radius 3 is 2.62 bits per heavy atom. The molecule has 1 fully saturated rings. The van der Waals surface area contributed by atoms with Crippen molar-refractivity contribution in [3.8, 4) is 0 Å². The second kappa shape index (κ2) is 7.41. The Hall–Kier alpha value is -0.870. The molecule has 0 unspecified atom stereocenters. The van der Waals surface area contributed by atoms with Crippen molar-refractivity contribution in [3.05, 3.63) is 28.2 Å². The number of anilines is 1. The minimum atomic E-state index is -0.00985. The van der Waals surface area contributed by atoms with E-state index < -0.39 is 0 Å². The standard InChI is InChI=1S/C17H25BrN2O/c1-3-13-11-14(18)7-8-15(13)20-16(21)12-17(19-2)9-5-4-6-10-17/h7-8,11,19H,3-6,9-10,12H2,1-2H3,(H,20,21). The molecule has 3 nitrogen and oxygen atoms in total. The van der Waals surface area contributed by atoms with E-state index in [1.54, 1.807) is 0 Å². The predicted octanol–water partition coefficient (Wildman–Crippen LogP) is 4.26. The summed E-state index contributed by atoms with van der Waals surface area (Å²) in [6.07, 6.45) is 7.38. The molecule has 1 aliphatic rings. The third-order valence-electron chi connectivity index (χ3n) is 4.56. The zero-order valence-corrected chi connectivity index (χ0v) is 14.6. The fraction of sp³-hybridized carbons (Fsp3) is 0.588. The Morgan fingerprint density at radius 2 is 2.00 bits per heavy atom. The van der Waals surface area contributed by atoms with Crippen molar-refractivity contribution in [1.29, 1.82) is 0 Å². The molecule has 1 aromatic carbocycles. The number of rotatable bonds is 5. The number of carbonyl (C=O) groups is 1. The number of carbonyl (C=O) groups excluding carboxylic acids is 1. The Balaban J connectivity index is 2.04. The Bertz CT molecular complexity index is 496. The van der Waals surface area contributed by atoms with Gasteiger partial charge in [0.2, 0.25) is 5.91 Å². The van der Waals surface area contributed by atoms with Crippen molar-refractivity contribution in [2.75, 3.05) is 12.4 Å². The Labute approximate surface area is 136 Å². The van der Waals surface area contributed by atoms with Gasteiger partial charge in [-0.1, -0.05) is 42.1 Å². The van der Waals surface area contributed by atoms with Crippen LogP contribution >= 0.6 is 15.9 Å². The average Bonchev–Trinajstić information content (AvgIpc) is 2.50. The number of nitrogens with one attached hydrogen (secondary N) is 2. The van der Waals surface area contributed by atoms with Gasteiger partial charge in [0, 0.05) is 22.1 Å². The number of benzene rings is 1. The van der Waals surface area contributed by atoms with Crippen LogP contribution in [0, 0.1) is 0 Å². The topological polar surface area (TPSA) is 41.1 Å². The minimum absolute atomic E-state index is 0.00985. The van der Waals surface area contributed by atoms with Crippen LogP contribution in [0.2, 0.25) is 0 Å². The lowest BCUT2D eigenvalue weighted by molar-refractivity contribution is -0.117. The lowest BCUT2D eigenvalue weighted by atomic mass is 9.79. The third-order valence-corrected chi connectivity index (χ3v) is 5.06. The van der Waals surface area contributed by atoms with E-state index in [1.165, 1.54) is 24.8 Å². The van der Waals surface area contributed by atoms with Crippen molar-refractivity contribution in [2.24, 2.45) is 0 Å². The first-order valence-corrected chi connectivity index (χ1v) is 8.65. The molecular formula is C17H25BrN2O. The first kappa shape index (κ1) is 16.5. The normalized spacial score (nSPS) is 17.5. The van der Waals surface area contributed by atoms with Crippen LogP contribution in [0.25, 0.3) is 0 Å². The molecule has 0 heterocycles. The van der Waals surface area contributed by atoms with Crippen molar-refractivity contribution < 1.29 is 4.79 Å². The Kier molecular flexibility index (Phi) is 5.82. The molecule has 0 aromatic heterocycles. The summed E-state index contributed by atoms with van der Waals surface area (Å²) >= 11 is 3.48. The van der Waals surface area contributed by atoms with Gasteiger partial charge >= 0.3 is 0 Å². The van der Waals surface area contributed by atoms with Crippen molar-refractivity contribution in [2.45, 2.75) is 57.4 Å². The van der Waals surface area contributed by atoms with E-state index >= 15 is 0 Å². The molecule has 1 aliphatic carbocycles. The highest BCUT2D eigenvalue weighted by molar-refractivity contribution is 9.10. The summed E-state index contributed by atoms with van der Waals surface area (Å²) in [5.74, 6) is 0.114. The van der Waals surface area contributed by atoms with Gasteiger partial charge in [-0.05, 0) is 50.1 Å². The largest absolute Gasteiger partial charge is 0.326 e. The van der Waals surface area contributed by atoms with Crippen molar-refractivity contribution >= 4 is 27.5 Å². The quantitative estimate of drug-likeness (QED) is 0.830. The number of hydrogen-bond acceptors (Lipinski definition) is 2. The van der Waals surface area contributed by atoms with Gasteiger partial charge in [0.25, 0.3) is 0 Å². The summed E-state index contributed by atoms with van der Waals surface area (Å²) in [6, 6.07) is 6.03. The van der Waals surface area contributed by atoms with Crippen molar-refractivity contribution in [3.63, 3.8) is 0 Å². The maximum Gasteiger partial charge on any atom is 0.226 e. The molecule has 4 heteroatoms. The van der Waals surface area contributed by atoms with Crippen LogP contribution in [-0.4, -0.2) is 18.5 Å². The van der Waals surface area contributed by atoms with E-state index in [0.717, 1.165) is 29.4 Å². The fourth-order valence-electron chi connectivity index (χ4n) is 3.22. The maximum atomic E-state index is 12.4. The molecule has 1 aromatic rings. The lowest BCUT2D eigenvalue weighted by Crippen LogP contribution is -2.47. The second-order valence-corrected chi connectivity index (χ2v) is 6.89. The van der Waals surface area contributed by atoms with Crippen LogP contribution in [0.4, 0.5) is 5.69 Å². The predicted molar refractivity (Wildman–Crippen MR) is 91.6 cm³/mol. The molecule has 0 radical (unpaired) electrons. The van der Waals surface area contributed by atoms with Gasteiger partial charge in [-0.15, -0.1) is 0 Å². The highest BCUT2D eigenvalue weighted by Gasteiger charge is 2.32. The number of amides is 1. The van der Waals surface area contributed by atoms with Crippen LogP contribution < -0.4 is 10.6 Å². The van der Waals surface area contributed by atoms with Gasteiger partial charge in [-0.2, -0.15) is 0 Å². The van der Waals surface area contributed by atoms with Crippen molar-refractivity contribution in [1.82, 2.24) is 5.32 Å². The summed E-state index contributed by atoms with van der Waals surface area (Å²) in [4.78, 5) is 12.4. The van der Waals surface area contributed by atoms with E-state index in [1.807, 2.05) is 19.2 Å². The van der Waals surface area contributed by atoms with Crippen LogP contribution in [0.3, 0.4) is 0 Å². The van der Waals surface area contributed by atoms with Crippen LogP contribution in [-0.2, 0) is 11.2 Å². The smallest absolute Gasteiger partial charge is 0.226 e. The third kappa shape index (κ3) is 4.30. The summed E-state index contributed by atoms with van der Waals surface area (Å²) in [5.41, 5.74) is 2.09. The van der Waals surface area contributed by atoms with Crippen LogP contribution in [0.15, 0.2) is 22.7 Å². The van der Waals surface area contributed by atoms with E-state index in [0.29, 0.717) is 6.42 Å². The molecule has 1 amide bonds. The molecule has 0 saturated heterocycles. The van der Waals surface area contributed by atoms with Gasteiger partial charge in [0.1, 0.15) is 0 Å². The molecule has 2 N–H and O–H groups in total. The summed E-state index contributed by atoms with van der Waals surface area (Å²) in [6.45, 7) is 2.10. The molecule has 0 spiro atoms. The lowest BCUT2D eigenvalue weighted by Gasteiger charge is -2.36. The monoisotopic (exact) mass is 352 g/mol. The zero-order chi connectivity index (χ0) is 15.3. The molecule has 21 heavy (non-hydrogen) atoms. The van der Waals surface area contributed by atoms with Gasteiger partial charge in [0.05, 0.1) is 0 Å². The number of halogens is 1. The van der Waals surface area contributed by atoms with Crippen LogP contribution in [0.1, 0.15) is 51.0 Å². The SMILES string of the molecule is CCc1cc(Br)ccc1NC(=O)CC1(NC)CCCCC1. The number of aryl methyl sites for hydroxylation is 1. The molecule has 0 atom stereocenters. The van der Waals surface area contributed by atoms with Crippen LogP contribution in [0.5, 0.6) is 0 Å². The minimum Gasteiger partial charge on any atom is -0.326 e. The molecular weight excluding hydrogens is 328 g/mol. The van der Waals surface area contributed by atoms with Gasteiger partial charge in [0.15, 0.2) is 0 Å². The zero-order valence-electron chi connectivity index (χ0n) is 13.0. The first-order chi connectivity index (χ1) is 10.1.